The standard InChI is InChI=1S/C12H17N3O3/c1-2-5-18-10-3-4-13-12(14-10)15-7-9(8-15)6-11(16)17/h3-4,9H,2,5-8H2,1H3,(H,16,17). The smallest absolute Gasteiger partial charge is 0.303 e. The number of carbonyl (C=O) groups is 1. The van der Waals surface area contributed by atoms with Gasteiger partial charge in [0, 0.05) is 31.3 Å². The molecule has 1 aliphatic rings. The van der Waals surface area contributed by atoms with Crippen molar-refractivity contribution in [1.82, 2.24) is 9.97 Å². The summed E-state index contributed by atoms with van der Waals surface area (Å²) in [5, 5.41) is 8.68. The Morgan fingerprint density at radius 3 is 3.06 bits per heavy atom. The van der Waals surface area contributed by atoms with Gasteiger partial charge in [-0.1, -0.05) is 6.92 Å². The molecule has 0 aromatic carbocycles. The molecular weight excluding hydrogens is 234 g/mol. The molecule has 0 radical (unpaired) electrons. The fourth-order valence-electron chi connectivity index (χ4n) is 1.88. The number of aromatic nitrogens is 2. The van der Waals surface area contributed by atoms with E-state index in [4.69, 9.17) is 9.84 Å². The van der Waals surface area contributed by atoms with Gasteiger partial charge in [-0.25, -0.2) is 4.98 Å². The fourth-order valence-corrected chi connectivity index (χ4v) is 1.88. The minimum atomic E-state index is -0.749. The predicted octanol–water partition coefficient (Wildman–Crippen LogP) is 1.18. The first-order chi connectivity index (χ1) is 8.69. The first-order valence-electron chi connectivity index (χ1n) is 6.11. The molecule has 1 aromatic rings. The molecule has 1 N–H and O–H groups in total. The van der Waals surface area contributed by atoms with E-state index in [0.717, 1.165) is 6.42 Å². The molecule has 6 heteroatoms. The number of rotatable bonds is 6. The van der Waals surface area contributed by atoms with Crippen LogP contribution in [-0.2, 0) is 4.79 Å². The molecule has 0 saturated carbocycles. The summed E-state index contributed by atoms with van der Waals surface area (Å²) >= 11 is 0. The van der Waals surface area contributed by atoms with Crippen LogP contribution >= 0.6 is 0 Å². The molecule has 0 spiro atoms. The number of hydrogen-bond donors (Lipinski definition) is 1. The average Bonchev–Trinajstić information content (AvgIpc) is 2.31. The molecule has 2 heterocycles. The number of anilines is 1. The third kappa shape index (κ3) is 3.09. The monoisotopic (exact) mass is 251 g/mol. The Bertz CT molecular complexity index is 419. The van der Waals surface area contributed by atoms with Crippen molar-refractivity contribution in [2.45, 2.75) is 19.8 Å². The number of carboxylic acid groups (broad SMARTS) is 1. The van der Waals surface area contributed by atoms with E-state index in [2.05, 4.69) is 9.97 Å². The van der Waals surface area contributed by atoms with Gasteiger partial charge < -0.3 is 14.7 Å². The maximum atomic E-state index is 10.5. The molecule has 18 heavy (non-hydrogen) atoms. The predicted molar refractivity (Wildman–Crippen MR) is 65.8 cm³/mol. The van der Waals surface area contributed by atoms with Crippen LogP contribution < -0.4 is 9.64 Å². The van der Waals surface area contributed by atoms with Gasteiger partial charge in [-0.3, -0.25) is 4.79 Å². The average molecular weight is 251 g/mol. The van der Waals surface area contributed by atoms with E-state index in [1.54, 1.807) is 12.3 Å². The maximum Gasteiger partial charge on any atom is 0.303 e. The Labute approximate surface area is 106 Å². The van der Waals surface area contributed by atoms with E-state index in [1.165, 1.54) is 0 Å². The van der Waals surface area contributed by atoms with Crippen molar-refractivity contribution in [2.75, 3.05) is 24.6 Å². The molecule has 1 fully saturated rings. The Morgan fingerprint density at radius 2 is 2.39 bits per heavy atom. The summed E-state index contributed by atoms with van der Waals surface area (Å²) < 4.78 is 5.43. The third-order valence-corrected chi connectivity index (χ3v) is 2.77. The van der Waals surface area contributed by atoms with Crippen LogP contribution in [-0.4, -0.2) is 40.7 Å². The van der Waals surface area contributed by atoms with Gasteiger partial charge in [0.25, 0.3) is 0 Å². The van der Waals surface area contributed by atoms with Crippen molar-refractivity contribution < 1.29 is 14.6 Å². The highest BCUT2D eigenvalue weighted by atomic mass is 16.5. The lowest BCUT2D eigenvalue weighted by atomic mass is 9.97. The van der Waals surface area contributed by atoms with Gasteiger partial charge in [0.05, 0.1) is 13.0 Å². The van der Waals surface area contributed by atoms with Gasteiger partial charge in [0.2, 0.25) is 11.8 Å². The lowest BCUT2D eigenvalue weighted by Crippen LogP contribution is -2.48. The zero-order valence-electron chi connectivity index (χ0n) is 10.4. The summed E-state index contributed by atoms with van der Waals surface area (Å²) in [6.45, 7) is 4.07. The van der Waals surface area contributed by atoms with E-state index in [1.807, 2.05) is 11.8 Å². The van der Waals surface area contributed by atoms with Gasteiger partial charge in [-0.2, -0.15) is 4.98 Å². The summed E-state index contributed by atoms with van der Waals surface area (Å²) in [6, 6.07) is 1.73. The molecule has 2 rings (SSSR count). The minimum absolute atomic E-state index is 0.200. The largest absolute Gasteiger partial charge is 0.481 e. The van der Waals surface area contributed by atoms with Crippen LogP contribution in [0.1, 0.15) is 19.8 Å². The lowest BCUT2D eigenvalue weighted by Gasteiger charge is -2.38. The summed E-state index contributed by atoms with van der Waals surface area (Å²) in [4.78, 5) is 21.0. The number of hydrogen-bond acceptors (Lipinski definition) is 5. The number of nitrogens with zero attached hydrogens (tertiary/aromatic N) is 3. The SMILES string of the molecule is CCCOc1ccnc(N2CC(CC(=O)O)C2)n1. The van der Waals surface area contributed by atoms with Crippen molar-refractivity contribution >= 4 is 11.9 Å². The van der Waals surface area contributed by atoms with Crippen LogP contribution in [0, 0.1) is 5.92 Å². The number of ether oxygens (including phenoxy) is 1. The third-order valence-electron chi connectivity index (χ3n) is 2.77. The minimum Gasteiger partial charge on any atom is -0.481 e. The van der Waals surface area contributed by atoms with Gasteiger partial charge in [-0.05, 0) is 6.42 Å². The van der Waals surface area contributed by atoms with Gasteiger partial charge in [0.15, 0.2) is 0 Å². The quantitative estimate of drug-likeness (QED) is 0.818. The van der Waals surface area contributed by atoms with Crippen molar-refractivity contribution in [1.29, 1.82) is 0 Å². The zero-order valence-corrected chi connectivity index (χ0v) is 10.4. The second-order valence-electron chi connectivity index (χ2n) is 4.41. The molecule has 0 aliphatic carbocycles. The van der Waals surface area contributed by atoms with Crippen molar-refractivity contribution in [3.63, 3.8) is 0 Å². The normalized spacial score (nSPS) is 15.3. The summed E-state index contributed by atoms with van der Waals surface area (Å²) in [7, 11) is 0. The Morgan fingerprint density at radius 1 is 1.61 bits per heavy atom. The Hall–Kier alpha value is -1.85. The fraction of sp³-hybridized carbons (Fsp3) is 0.583. The van der Waals surface area contributed by atoms with Crippen LogP contribution in [0.5, 0.6) is 5.88 Å². The maximum absolute atomic E-state index is 10.5. The van der Waals surface area contributed by atoms with Crippen molar-refractivity contribution in [2.24, 2.45) is 5.92 Å². The molecule has 98 valence electrons. The van der Waals surface area contributed by atoms with Crippen LogP contribution in [0.3, 0.4) is 0 Å². The van der Waals surface area contributed by atoms with E-state index in [9.17, 15) is 4.79 Å². The van der Waals surface area contributed by atoms with Crippen molar-refractivity contribution in [3.8, 4) is 5.88 Å². The van der Waals surface area contributed by atoms with Crippen molar-refractivity contribution in [3.05, 3.63) is 12.3 Å². The zero-order chi connectivity index (χ0) is 13.0. The van der Waals surface area contributed by atoms with Gasteiger partial charge in [0.1, 0.15) is 0 Å². The molecular formula is C12H17N3O3. The molecule has 0 unspecified atom stereocenters. The topological polar surface area (TPSA) is 75.5 Å². The van der Waals surface area contributed by atoms with Crippen LogP contribution in [0.4, 0.5) is 5.95 Å². The molecule has 0 bridgehead atoms. The molecule has 0 atom stereocenters. The van der Waals surface area contributed by atoms with Crippen LogP contribution in [0.15, 0.2) is 12.3 Å². The summed E-state index contributed by atoms with van der Waals surface area (Å²) in [5.74, 6) is 0.640. The van der Waals surface area contributed by atoms with Gasteiger partial charge >= 0.3 is 5.97 Å². The van der Waals surface area contributed by atoms with E-state index in [-0.39, 0.29) is 12.3 Å². The number of aliphatic carboxylic acids is 1. The van der Waals surface area contributed by atoms with Crippen LogP contribution in [0.2, 0.25) is 0 Å². The number of carboxylic acids is 1. The second kappa shape index (κ2) is 5.66. The van der Waals surface area contributed by atoms with Crippen LogP contribution in [0.25, 0.3) is 0 Å². The Kier molecular flexibility index (Phi) is 3.96. The first kappa shape index (κ1) is 12.6. The highest BCUT2D eigenvalue weighted by Crippen LogP contribution is 2.24. The lowest BCUT2D eigenvalue weighted by molar-refractivity contribution is -0.138. The van der Waals surface area contributed by atoms with Gasteiger partial charge in [-0.15, -0.1) is 0 Å². The highest BCUT2D eigenvalue weighted by Gasteiger charge is 2.30. The highest BCUT2D eigenvalue weighted by molar-refractivity contribution is 5.67. The summed E-state index contributed by atoms with van der Waals surface area (Å²) in [6.07, 6.45) is 2.81. The molecule has 0 amide bonds. The van der Waals surface area contributed by atoms with E-state index < -0.39 is 5.97 Å². The second-order valence-corrected chi connectivity index (χ2v) is 4.41. The molecule has 6 nitrogen and oxygen atoms in total. The molecule has 1 aliphatic heterocycles. The first-order valence-corrected chi connectivity index (χ1v) is 6.11. The van der Waals surface area contributed by atoms with E-state index >= 15 is 0 Å². The molecule has 1 aromatic heterocycles. The summed E-state index contributed by atoms with van der Waals surface area (Å²) in [5.41, 5.74) is 0. The molecule has 1 saturated heterocycles. The van der Waals surface area contributed by atoms with E-state index in [0.29, 0.717) is 31.5 Å². The Balaban J connectivity index is 1.89.